The second kappa shape index (κ2) is 8.32. The van der Waals surface area contributed by atoms with E-state index < -0.39 is 5.60 Å². The zero-order valence-electron chi connectivity index (χ0n) is 21.7. The highest BCUT2D eigenvalue weighted by atomic mass is 16.3. The quantitative estimate of drug-likeness (QED) is 0.587. The second-order valence-electron chi connectivity index (χ2n) is 13.4. The molecule has 0 amide bonds. The number of nitriles is 1. The topological polar surface area (TPSA) is 78.9 Å². The lowest BCUT2D eigenvalue weighted by Gasteiger charge is -2.57. The molecule has 5 heteroatoms. The second-order valence-corrected chi connectivity index (χ2v) is 13.4. The smallest absolute Gasteiger partial charge is 0.125 e. The Labute approximate surface area is 210 Å². The van der Waals surface area contributed by atoms with Crippen LogP contribution in [0.5, 0.6) is 0 Å². The van der Waals surface area contributed by atoms with Gasteiger partial charge in [-0.25, -0.2) is 4.79 Å². The van der Waals surface area contributed by atoms with Crippen LogP contribution in [0.25, 0.3) is 0 Å². The molecule has 3 unspecified atom stereocenters. The molecule has 0 spiro atoms. The van der Waals surface area contributed by atoms with Gasteiger partial charge in [0.15, 0.2) is 0 Å². The van der Waals surface area contributed by atoms with Gasteiger partial charge in [0.1, 0.15) is 12.0 Å². The zero-order chi connectivity index (χ0) is 24.5. The lowest BCUT2D eigenvalue weighted by molar-refractivity contribution is -0.105. The van der Waals surface area contributed by atoms with Gasteiger partial charge in [-0.2, -0.15) is 10.4 Å². The summed E-state index contributed by atoms with van der Waals surface area (Å²) in [5.74, 6) is 7.83. The predicted octanol–water partition coefficient (Wildman–Crippen LogP) is 5.48. The third-order valence-corrected chi connectivity index (χ3v) is 11.8. The summed E-state index contributed by atoms with van der Waals surface area (Å²) < 4.78 is 1.85. The van der Waals surface area contributed by atoms with E-state index in [0.717, 1.165) is 47.8 Å². The first-order valence-electron chi connectivity index (χ1n) is 14.2. The summed E-state index contributed by atoms with van der Waals surface area (Å²) in [7, 11) is 0. The van der Waals surface area contributed by atoms with E-state index in [-0.39, 0.29) is 11.3 Å². The van der Waals surface area contributed by atoms with E-state index in [1.165, 1.54) is 51.4 Å². The Kier molecular flexibility index (Phi) is 5.59. The van der Waals surface area contributed by atoms with E-state index in [9.17, 15) is 15.2 Å². The molecule has 35 heavy (non-hydrogen) atoms. The van der Waals surface area contributed by atoms with Crippen molar-refractivity contribution in [2.45, 2.75) is 97.1 Å². The average molecular weight is 476 g/mol. The maximum Gasteiger partial charge on any atom is 0.125 e. The van der Waals surface area contributed by atoms with Crippen LogP contribution in [0.1, 0.15) is 89.3 Å². The summed E-state index contributed by atoms with van der Waals surface area (Å²) in [4.78, 5) is 12.5. The Hall–Kier alpha value is -1.89. The zero-order valence-corrected chi connectivity index (χ0v) is 21.7. The van der Waals surface area contributed by atoms with Gasteiger partial charge >= 0.3 is 0 Å². The van der Waals surface area contributed by atoms with Crippen LogP contribution in [0, 0.1) is 71.0 Å². The third kappa shape index (κ3) is 3.51. The summed E-state index contributed by atoms with van der Waals surface area (Å²) in [5.41, 5.74) is 2.02. The summed E-state index contributed by atoms with van der Waals surface area (Å²) in [6.07, 6.45) is 13.7. The van der Waals surface area contributed by atoms with Crippen molar-refractivity contribution in [2.24, 2.45) is 52.8 Å². The molecule has 0 saturated heterocycles. The van der Waals surface area contributed by atoms with Gasteiger partial charge in [-0.15, -0.1) is 0 Å². The first-order chi connectivity index (χ1) is 16.8. The van der Waals surface area contributed by atoms with Crippen LogP contribution in [0.15, 0.2) is 11.8 Å². The van der Waals surface area contributed by atoms with Crippen molar-refractivity contribution in [3.63, 3.8) is 0 Å². The van der Waals surface area contributed by atoms with Crippen molar-refractivity contribution in [1.29, 1.82) is 5.26 Å². The molecule has 5 saturated carbocycles. The third-order valence-electron chi connectivity index (χ3n) is 11.8. The number of allylic oxidation sites excluding steroid dienone is 1. The summed E-state index contributed by atoms with van der Waals surface area (Å²) in [6.45, 7) is 6.96. The molecule has 0 aliphatic heterocycles. The normalized spacial score (nSPS) is 46.0. The van der Waals surface area contributed by atoms with Gasteiger partial charge in [-0.3, -0.25) is 4.68 Å². The molecule has 5 fully saturated rings. The first kappa shape index (κ1) is 23.5. The maximum absolute atomic E-state index is 12.5. The van der Waals surface area contributed by atoms with E-state index in [0.29, 0.717) is 29.9 Å². The van der Waals surface area contributed by atoms with Crippen molar-refractivity contribution < 1.29 is 9.90 Å². The van der Waals surface area contributed by atoms with Crippen LogP contribution in [0.3, 0.4) is 0 Å². The lowest BCUT2D eigenvalue weighted by Crippen LogP contribution is -2.51. The maximum atomic E-state index is 12.5. The van der Waals surface area contributed by atoms with Gasteiger partial charge < -0.3 is 5.11 Å². The van der Waals surface area contributed by atoms with Crippen LogP contribution >= 0.6 is 0 Å². The minimum atomic E-state index is -0.466. The van der Waals surface area contributed by atoms with Gasteiger partial charge in [0.2, 0.25) is 0 Å². The van der Waals surface area contributed by atoms with Gasteiger partial charge in [0.05, 0.1) is 29.6 Å². The number of aromatic nitrogens is 2. The van der Waals surface area contributed by atoms with Crippen molar-refractivity contribution >= 4 is 5.94 Å². The van der Waals surface area contributed by atoms with Crippen LogP contribution in [0.2, 0.25) is 0 Å². The molecule has 1 aromatic rings. The molecular weight excluding hydrogens is 434 g/mol. The molecule has 5 nitrogen and oxygen atoms in total. The number of rotatable bonds is 3. The van der Waals surface area contributed by atoms with Crippen molar-refractivity contribution in [3.05, 3.63) is 23.0 Å². The average Bonchev–Trinajstić information content (AvgIpc) is 3.49. The van der Waals surface area contributed by atoms with Gasteiger partial charge in [-0.1, -0.05) is 13.3 Å². The minimum absolute atomic E-state index is 0.162. The fourth-order valence-corrected chi connectivity index (χ4v) is 10.6. The molecule has 1 aromatic heterocycles. The minimum Gasteiger partial charge on any atom is -0.390 e. The molecule has 0 aromatic carbocycles. The van der Waals surface area contributed by atoms with Crippen LogP contribution in [-0.2, 0) is 11.3 Å². The summed E-state index contributed by atoms with van der Waals surface area (Å²) in [5, 5.41) is 24.6. The van der Waals surface area contributed by atoms with Crippen molar-refractivity contribution in [3.8, 4) is 6.07 Å². The number of carbonyl (C=O) groups excluding carboxylic acids is 1. The van der Waals surface area contributed by atoms with Crippen LogP contribution in [0.4, 0.5) is 0 Å². The molecule has 0 radical (unpaired) electrons. The van der Waals surface area contributed by atoms with E-state index in [2.05, 4.69) is 24.0 Å². The highest BCUT2D eigenvalue weighted by Crippen LogP contribution is 2.71. The molecular formula is C30H41N3O2. The Balaban J connectivity index is 1.31. The Bertz CT molecular complexity index is 1090. The Morgan fingerprint density at radius 3 is 2.57 bits per heavy atom. The molecule has 5 aliphatic carbocycles. The lowest BCUT2D eigenvalue weighted by atomic mass is 9.48. The molecule has 1 N–H and O–H groups in total. The number of aliphatic hydroxyl groups is 1. The standard InChI is InChI=1S/C30H41N3O2/c1-18-20(14-31)15-32-33(18)16-21(17-34)27-24-5-4-6-25(24)28-26-8-7-19-13-29(2,35)11-9-22(19)23(26)10-12-30(27,28)3/h15,19,22-28,35H,4-13,16H2,1-3H3/t19?,22-,23+,24-,25+,26?,27-,28?,29+,30+/m0/s1. The van der Waals surface area contributed by atoms with Gasteiger partial charge in [0, 0.05) is 11.5 Å². The van der Waals surface area contributed by atoms with Gasteiger partial charge in [0.25, 0.3) is 0 Å². The molecule has 10 atom stereocenters. The first-order valence-corrected chi connectivity index (χ1v) is 14.2. The fraction of sp³-hybridized carbons (Fsp3) is 0.800. The predicted molar refractivity (Wildman–Crippen MR) is 134 cm³/mol. The van der Waals surface area contributed by atoms with Crippen LogP contribution in [-0.4, -0.2) is 26.4 Å². The highest BCUT2D eigenvalue weighted by Gasteiger charge is 2.65. The Morgan fingerprint density at radius 2 is 1.83 bits per heavy atom. The molecule has 1 heterocycles. The summed E-state index contributed by atoms with van der Waals surface area (Å²) in [6, 6.07) is 2.22. The number of hydrogen-bond donors (Lipinski definition) is 1. The number of nitrogens with zero attached hydrogens (tertiary/aromatic N) is 3. The molecule has 0 bridgehead atoms. The van der Waals surface area contributed by atoms with Crippen molar-refractivity contribution in [2.75, 3.05) is 0 Å². The number of hydrogen-bond acceptors (Lipinski definition) is 4. The Morgan fingerprint density at radius 1 is 1.09 bits per heavy atom. The fourth-order valence-electron chi connectivity index (χ4n) is 10.6. The van der Waals surface area contributed by atoms with Crippen LogP contribution < -0.4 is 0 Å². The SMILES string of the molecule is Cc1c(C#N)cnn1CC(=C=O)[C@H]1[C@H]2CCC[C@H]2C2C3CCC4C[C@](C)(O)CC[C@@H]4[C@H]3CC[C@@]21C. The molecule has 5 aliphatic rings. The summed E-state index contributed by atoms with van der Waals surface area (Å²) >= 11 is 0. The van der Waals surface area contributed by atoms with E-state index >= 15 is 0 Å². The van der Waals surface area contributed by atoms with E-state index in [1.54, 1.807) is 6.20 Å². The monoisotopic (exact) mass is 475 g/mol. The van der Waals surface area contributed by atoms with E-state index in [4.69, 9.17) is 0 Å². The van der Waals surface area contributed by atoms with Crippen molar-refractivity contribution in [1.82, 2.24) is 9.78 Å². The molecule has 6 rings (SSSR count). The molecule has 188 valence electrons. The van der Waals surface area contributed by atoms with E-state index in [1.807, 2.05) is 18.5 Å². The number of fused-ring (bicyclic) bond motifs is 7. The largest absolute Gasteiger partial charge is 0.390 e. The highest BCUT2D eigenvalue weighted by molar-refractivity contribution is 5.55. The van der Waals surface area contributed by atoms with Gasteiger partial charge in [-0.05, 0) is 118 Å².